The first kappa shape index (κ1) is 18.2. The number of nitrogens with zero attached hydrogens (tertiary/aromatic N) is 1. The van der Waals surface area contributed by atoms with Crippen LogP contribution in [0.15, 0.2) is 17.5 Å². The molecule has 2 fully saturated rings. The maximum atomic E-state index is 12.6. The fourth-order valence-electron chi connectivity index (χ4n) is 3.98. The molecular weight excluding hydrogens is 336 g/mol. The molecule has 2 heterocycles. The van der Waals surface area contributed by atoms with E-state index in [0.717, 1.165) is 45.1 Å². The molecule has 1 saturated heterocycles. The number of amides is 2. The van der Waals surface area contributed by atoms with Gasteiger partial charge in [0.05, 0.1) is 18.6 Å². The molecule has 1 aliphatic carbocycles. The number of nitrogens with one attached hydrogen (secondary N) is 1. The average Bonchev–Trinajstić information content (AvgIpc) is 3.31. The molecule has 5 nitrogen and oxygen atoms in total. The second-order valence-corrected chi connectivity index (χ2v) is 8.00. The van der Waals surface area contributed by atoms with Gasteiger partial charge in [0.2, 0.25) is 0 Å². The maximum Gasteiger partial charge on any atom is 0.317 e. The average molecular weight is 365 g/mol. The van der Waals surface area contributed by atoms with Crippen LogP contribution in [0, 0.1) is 11.8 Å². The van der Waals surface area contributed by atoms with Crippen molar-refractivity contribution in [3.63, 3.8) is 0 Å². The number of carbonyl (C=O) groups excluding carboxylic acids is 2. The van der Waals surface area contributed by atoms with Gasteiger partial charge in [0.25, 0.3) is 0 Å². The Morgan fingerprint density at radius 3 is 2.76 bits per heavy atom. The molecule has 2 aliphatic rings. The lowest BCUT2D eigenvalue weighted by atomic mass is 9.82. The minimum absolute atomic E-state index is 0.0497. The van der Waals surface area contributed by atoms with Crippen LogP contribution in [0.1, 0.15) is 56.4 Å². The fourth-order valence-corrected chi connectivity index (χ4v) is 4.86. The van der Waals surface area contributed by atoms with Gasteiger partial charge >= 0.3 is 12.0 Å². The van der Waals surface area contributed by atoms with Gasteiger partial charge in [-0.25, -0.2) is 4.79 Å². The lowest BCUT2D eigenvalue weighted by Crippen LogP contribution is -2.42. The highest BCUT2D eigenvalue weighted by Crippen LogP contribution is 2.34. The maximum absolute atomic E-state index is 12.6. The Balaban J connectivity index is 1.43. The van der Waals surface area contributed by atoms with Gasteiger partial charge in [-0.2, -0.15) is 0 Å². The van der Waals surface area contributed by atoms with Crippen LogP contribution in [0.25, 0.3) is 0 Å². The smallest absolute Gasteiger partial charge is 0.317 e. The Kier molecular flexibility index (Phi) is 6.34. The number of hydrogen-bond donors (Lipinski definition) is 1. The quantitative estimate of drug-likeness (QED) is 0.805. The predicted octanol–water partition coefficient (Wildman–Crippen LogP) is 3.96. The van der Waals surface area contributed by atoms with E-state index in [9.17, 15) is 9.59 Å². The zero-order chi connectivity index (χ0) is 17.6. The first-order chi connectivity index (χ1) is 12.2. The summed E-state index contributed by atoms with van der Waals surface area (Å²) in [4.78, 5) is 27.7. The van der Waals surface area contributed by atoms with Crippen LogP contribution in [0.4, 0.5) is 4.79 Å². The monoisotopic (exact) mass is 364 g/mol. The second kappa shape index (κ2) is 8.70. The highest BCUT2D eigenvalue weighted by molar-refractivity contribution is 7.10. The van der Waals surface area contributed by atoms with Crippen LogP contribution < -0.4 is 5.32 Å². The van der Waals surface area contributed by atoms with Crippen molar-refractivity contribution in [1.29, 1.82) is 0 Å². The summed E-state index contributed by atoms with van der Waals surface area (Å²) in [6, 6.07) is 4.47. The van der Waals surface area contributed by atoms with Gasteiger partial charge in [0.1, 0.15) is 0 Å². The first-order valence-electron chi connectivity index (χ1n) is 9.43. The minimum Gasteiger partial charge on any atom is -0.466 e. The third-order valence-corrected chi connectivity index (χ3v) is 6.37. The summed E-state index contributed by atoms with van der Waals surface area (Å²) in [6.45, 7) is 3.85. The molecule has 0 radical (unpaired) electrons. The van der Waals surface area contributed by atoms with Gasteiger partial charge in [-0.05, 0) is 62.8 Å². The second-order valence-electron chi connectivity index (χ2n) is 7.02. The van der Waals surface area contributed by atoms with Crippen molar-refractivity contribution in [2.24, 2.45) is 11.8 Å². The number of hydrogen-bond acceptors (Lipinski definition) is 4. The lowest BCUT2D eigenvalue weighted by Gasteiger charge is -2.29. The third-order valence-electron chi connectivity index (χ3n) is 5.39. The summed E-state index contributed by atoms with van der Waals surface area (Å²) >= 11 is 1.73. The molecule has 1 atom stereocenters. The van der Waals surface area contributed by atoms with E-state index in [1.165, 1.54) is 4.88 Å². The molecule has 1 aromatic rings. The number of thiophene rings is 1. The molecule has 1 aliphatic heterocycles. The van der Waals surface area contributed by atoms with Crippen LogP contribution in [0.5, 0.6) is 0 Å². The Hall–Kier alpha value is -1.56. The van der Waals surface area contributed by atoms with E-state index in [-0.39, 0.29) is 24.0 Å². The standard InChI is InChI=1S/C19H28N2O3S/c1-2-24-18(22)15-9-7-14(8-10-15)13-20-19(23)21-11-3-5-16(21)17-6-4-12-25-17/h4,6,12,14-16H,2-3,5,7-11,13H2,1H3,(H,20,23)/t14?,15?,16-/m1/s1. The lowest BCUT2D eigenvalue weighted by molar-refractivity contribution is -0.149. The molecule has 0 unspecified atom stereocenters. The molecule has 0 spiro atoms. The van der Waals surface area contributed by atoms with Gasteiger partial charge in [-0.3, -0.25) is 4.79 Å². The summed E-state index contributed by atoms with van der Waals surface area (Å²) in [7, 11) is 0. The van der Waals surface area contributed by atoms with Crippen molar-refractivity contribution in [1.82, 2.24) is 10.2 Å². The van der Waals surface area contributed by atoms with Gasteiger partial charge in [-0.1, -0.05) is 6.07 Å². The summed E-state index contributed by atoms with van der Waals surface area (Å²) in [5.74, 6) is 0.465. The van der Waals surface area contributed by atoms with Gasteiger partial charge < -0.3 is 15.0 Å². The minimum atomic E-state index is -0.0548. The Morgan fingerprint density at radius 2 is 2.08 bits per heavy atom. The number of carbonyl (C=O) groups is 2. The molecule has 1 aromatic heterocycles. The van der Waals surface area contributed by atoms with E-state index in [1.54, 1.807) is 11.3 Å². The molecule has 0 aromatic carbocycles. The normalized spacial score (nSPS) is 26.4. The molecule has 138 valence electrons. The SMILES string of the molecule is CCOC(=O)C1CCC(CNC(=O)N2CCC[C@@H]2c2cccs2)CC1. The van der Waals surface area contributed by atoms with Crippen molar-refractivity contribution in [3.8, 4) is 0 Å². The van der Waals surface area contributed by atoms with Gasteiger partial charge in [-0.15, -0.1) is 11.3 Å². The van der Waals surface area contributed by atoms with E-state index in [4.69, 9.17) is 4.74 Å². The molecule has 1 saturated carbocycles. The first-order valence-corrected chi connectivity index (χ1v) is 10.3. The van der Waals surface area contributed by atoms with E-state index >= 15 is 0 Å². The van der Waals surface area contributed by atoms with Crippen molar-refractivity contribution >= 4 is 23.3 Å². The largest absolute Gasteiger partial charge is 0.466 e. The van der Waals surface area contributed by atoms with Crippen LogP contribution in [0.3, 0.4) is 0 Å². The zero-order valence-electron chi connectivity index (χ0n) is 14.9. The predicted molar refractivity (Wildman–Crippen MR) is 98.5 cm³/mol. The van der Waals surface area contributed by atoms with Crippen LogP contribution >= 0.6 is 11.3 Å². The summed E-state index contributed by atoms with van der Waals surface area (Å²) < 4.78 is 5.12. The highest BCUT2D eigenvalue weighted by atomic mass is 32.1. The molecule has 25 heavy (non-hydrogen) atoms. The topological polar surface area (TPSA) is 58.6 Å². The number of ether oxygens (including phenoxy) is 1. The van der Waals surface area contributed by atoms with Crippen molar-refractivity contribution < 1.29 is 14.3 Å². The highest BCUT2D eigenvalue weighted by Gasteiger charge is 2.32. The Morgan fingerprint density at radius 1 is 1.28 bits per heavy atom. The van der Waals surface area contributed by atoms with E-state index in [0.29, 0.717) is 19.1 Å². The molecular formula is C19H28N2O3S. The number of rotatable bonds is 5. The Labute approximate surface area is 153 Å². The van der Waals surface area contributed by atoms with Crippen molar-refractivity contribution in [3.05, 3.63) is 22.4 Å². The summed E-state index contributed by atoms with van der Waals surface area (Å²) in [5, 5.41) is 5.21. The Bertz CT molecular complexity index is 567. The number of likely N-dealkylation sites (tertiary alicyclic amines) is 1. The molecule has 6 heteroatoms. The molecule has 0 bridgehead atoms. The summed E-state index contributed by atoms with van der Waals surface area (Å²) in [6.07, 6.45) is 5.84. The zero-order valence-corrected chi connectivity index (χ0v) is 15.7. The van der Waals surface area contributed by atoms with E-state index < -0.39 is 0 Å². The van der Waals surface area contributed by atoms with Crippen molar-refractivity contribution in [2.75, 3.05) is 19.7 Å². The third kappa shape index (κ3) is 4.54. The number of esters is 1. The molecule has 3 rings (SSSR count). The van der Waals surface area contributed by atoms with Gasteiger partial charge in [0.15, 0.2) is 0 Å². The van der Waals surface area contributed by atoms with Crippen LogP contribution in [-0.2, 0) is 9.53 Å². The van der Waals surface area contributed by atoms with Gasteiger partial charge in [0, 0.05) is 18.0 Å². The fraction of sp³-hybridized carbons (Fsp3) is 0.684. The van der Waals surface area contributed by atoms with Crippen LogP contribution in [0.2, 0.25) is 0 Å². The number of urea groups is 1. The molecule has 2 amide bonds. The van der Waals surface area contributed by atoms with Crippen LogP contribution in [-0.4, -0.2) is 36.6 Å². The van der Waals surface area contributed by atoms with Crippen molar-refractivity contribution in [2.45, 2.75) is 51.5 Å². The van der Waals surface area contributed by atoms with E-state index in [2.05, 4.69) is 22.8 Å². The molecule has 1 N–H and O–H groups in total. The summed E-state index contributed by atoms with van der Waals surface area (Å²) in [5.41, 5.74) is 0. The van der Waals surface area contributed by atoms with E-state index in [1.807, 2.05) is 11.8 Å².